The fraction of sp³-hybridized carbons (Fsp3) is 0.462. The first kappa shape index (κ1) is 12.3. The van der Waals surface area contributed by atoms with E-state index in [4.69, 9.17) is 0 Å². The Morgan fingerprint density at radius 2 is 2.41 bits per heavy atom. The van der Waals surface area contributed by atoms with Crippen molar-refractivity contribution >= 4 is 11.3 Å². The molecule has 2 aromatic rings. The molecule has 2 heterocycles. The quantitative estimate of drug-likeness (QED) is 0.823. The Hall–Kier alpha value is -1.13. The fourth-order valence-corrected chi connectivity index (χ4v) is 2.75. The number of thiophene rings is 1. The standard InChI is InChI=1S/C13H19N3S/c1-3-5-12(13-6-4-7-17-13)15-9-11-8-14-10(2)16-11/h4,6-8,12,15H,3,5,9H2,1-2H3,(H,14,16). The van der Waals surface area contributed by atoms with Gasteiger partial charge in [-0.25, -0.2) is 4.98 Å². The lowest BCUT2D eigenvalue weighted by molar-refractivity contribution is 0.497. The molecule has 0 saturated heterocycles. The molecule has 3 nitrogen and oxygen atoms in total. The van der Waals surface area contributed by atoms with Crippen LogP contribution < -0.4 is 5.32 Å². The third-order valence-corrected chi connectivity index (χ3v) is 3.74. The largest absolute Gasteiger partial charge is 0.345 e. The molecule has 0 bridgehead atoms. The lowest BCUT2D eigenvalue weighted by Crippen LogP contribution is -2.20. The van der Waals surface area contributed by atoms with Crippen LogP contribution in [0, 0.1) is 6.92 Å². The topological polar surface area (TPSA) is 40.7 Å². The van der Waals surface area contributed by atoms with Gasteiger partial charge in [0.05, 0.1) is 0 Å². The zero-order valence-corrected chi connectivity index (χ0v) is 11.2. The van der Waals surface area contributed by atoms with E-state index in [1.807, 2.05) is 24.5 Å². The monoisotopic (exact) mass is 249 g/mol. The molecule has 0 saturated carbocycles. The van der Waals surface area contributed by atoms with Crippen molar-refractivity contribution in [1.82, 2.24) is 15.3 Å². The first-order chi connectivity index (χ1) is 8.29. The van der Waals surface area contributed by atoms with Gasteiger partial charge in [0.25, 0.3) is 0 Å². The number of hydrogen-bond acceptors (Lipinski definition) is 3. The average Bonchev–Trinajstić information content (AvgIpc) is 2.95. The van der Waals surface area contributed by atoms with E-state index in [2.05, 4.69) is 39.7 Å². The molecule has 1 unspecified atom stereocenters. The summed E-state index contributed by atoms with van der Waals surface area (Å²) >= 11 is 1.82. The van der Waals surface area contributed by atoms with Gasteiger partial charge in [0.1, 0.15) is 5.82 Å². The van der Waals surface area contributed by atoms with E-state index in [0.717, 1.165) is 18.1 Å². The van der Waals surface area contributed by atoms with E-state index < -0.39 is 0 Å². The minimum absolute atomic E-state index is 0.462. The molecule has 0 amide bonds. The van der Waals surface area contributed by atoms with Gasteiger partial charge in [-0.15, -0.1) is 11.3 Å². The summed E-state index contributed by atoms with van der Waals surface area (Å²) in [4.78, 5) is 8.88. The van der Waals surface area contributed by atoms with Crippen LogP contribution in [0.5, 0.6) is 0 Å². The average molecular weight is 249 g/mol. The molecular weight excluding hydrogens is 230 g/mol. The summed E-state index contributed by atoms with van der Waals surface area (Å²) in [7, 11) is 0. The number of H-pyrrole nitrogens is 1. The molecule has 2 N–H and O–H groups in total. The molecule has 2 rings (SSSR count). The summed E-state index contributed by atoms with van der Waals surface area (Å²) in [5.41, 5.74) is 1.15. The molecule has 0 aromatic carbocycles. The van der Waals surface area contributed by atoms with Crippen molar-refractivity contribution in [2.75, 3.05) is 0 Å². The highest BCUT2D eigenvalue weighted by molar-refractivity contribution is 7.10. The predicted molar refractivity (Wildman–Crippen MR) is 72.1 cm³/mol. The number of nitrogens with one attached hydrogen (secondary N) is 2. The highest BCUT2D eigenvalue weighted by Crippen LogP contribution is 2.23. The van der Waals surface area contributed by atoms with Crippen LogP contribution in [0.3, 0.4) is 0 Å². The summed E-state index contributed by atoms with van der Waals surface area (Å²) in [5.74, 6) is 0.977. The molecule has 0 aliphatic rings. The maximum atomic E-state index is 4.21. The second-order valence-corrected chi connectivity index (χ2v) is 5.21. The summed E-state index contributed by atoms with van der Waals surface area (Å²) in [6.07, 6.45) is 4.27. The Bertz CT molecular complexity index is 433. The number of aryl methyl sites for hydroxylation is 1. The number of aromatic amines is 1. The van der Waals surface area contributed by atoms with Crippen molar-refractivity contribution in [2.45, 2.75) is 39.3 Å². The second-order valence-electron chi connectivity index (χ2n) is 4.23. The van der Waals surface area contributed by atoms with Crippen molar-refractivity contribution in [3.8, 4) is 0 Å². The summed E-state index contributed by atoms with van der Waals surface area (Å²) in [5, 5.41) is 5.73. The molecule has 17 heavy (non-hydrogen) atoms. The number of hydrogen-bond donors (Lipinski definition) is 2. The van der Waals surface area contributed by atoms with E-state index in [0.29, 0.717) is 6.04 Å². The molecule has 0 spiro atoms. The molecule has 92 valence electrons. The maximum absolute atomic E-state index is 4.21. The second kappa shape index (κ2) is 5.98. The van der Waals surface area contributed by atoms with Gasteiger partial charge in [-0.2, -0.15) is 0 Å². The summed E-state index contributed by atoms with van der Waals surface area (Å²) < 4.78 is 0. The van der Waals surface area contributed by atoms with Gasteiger partial charge in [-0.05, 0) is 24.8 Å². The summed E-state index contributed by atoms with van der Waals surface area (Å²) in [6.45, 7) is 5.05. The Morgan fingerprint density at radius 1 is 1.53 bits per heavy atom. The maximum Gasteiger partial charge on any atom is 0.103 e. The lowest BCUT2D eigenvalue weighted by atomic mass is 10.1. The van der Waals surface area contributed by atoms with Crippen LogP contribution in [0.1, 0.15) is 42.2 Å². The molecule has 0 radical (unpaired) electrons. The van der Waals surface area contributed by atoms with Gasteiger partial charge >= 0.3 is 0 Å². The van der Waals surface area contributed by atoms with Crippen LogP contribution in [-0.2, 0) is 6.54 Å². The van der Waals surface area contributed by atoms with E-state index in [1.54, 1.807) is 0 Å². The molecule has 0 aliphatic heterocycles. The van der Waals surface area contributed by atoms with Crippen molar-refractivity contribution < 1.29 is 0 Å². The van der Waals surface area contributed by atoms with Gasteiger partial charge in [0, 0.05) is 29.4 Å². The van der Waals surface area contributed by atoms with Gasteiger partial charge in [0.15, 0.2) is 0 Å². The number of imidazole rings is 1. The minimum atomic E-state index is 0.462. The van der Waals surface area contributed by atoms with Crippen LogP contribution in [0.2, 0.25) is 0 Å². The van der Waals surface area contributed by atoms with Crippen LogP contribution >= 0.6 is 11.3 Å². The van der Waals surface area contributed by atoms with Crippen molar-refractivity contribution in [2.24, 2.45) is 0 Å². The first-order valence-electron chi connectivity index (χ1n) is 6.07. The SMILES string of the molecule is CCCC(NCc1cnc(C)[nH]1)c1cccs1. The Kier molecular flexibility index (Phi) is 4.34. The van der Waals surface area contributed by atoms with Crippen LogP contribution in [0.15, 0.2) is 23.7 Å². The Morgan fingerprint density at radius 3 is 3.00 bits per heavy atom. The number of aromatic nitrogens is 2. The smallest absolute Gasteiger partial charge is 0.103 e. The van der Waals surface area contributed by atoms with Crippen LogP contribution in [0.4, 0.5) is 0 Å². The molecule has 0 aliphatic carbocycles. The van der Waals surface area contributed by atoms with Crippen molar-refractivity contribution in [3.05, 3.63) is 40.1 Å². The van der Waals surface area contributed by atoms with Gasteiger partial charge < -0.3 is 10.3 Å². The molecule has 0 fully saturated rings. The lowest BCUT2D eigenvalue weighted by Gasteiger charge is -2.15. The molecule has 4 heteroatoms. The summed E-state index contributed by atoms with van der Waals surface area (Å²) in [6, 6.07) is 4.78. The minimum Gasteiger partial charge on any atom is -0.345 e. The van der Waals surface area contributed by atoms with E-state index in [-0.39, 0.29) is 0 Å². The van der Waals surface area contributed by atoms with E-state index >= 15 is 0 Å². The molecule has 2 aromatic heterocycles. The number of rotatable bonds is 6. The highest BCUT2D eigenvalue weighted by atomic mass is 32.1. The highest BCUT2D eigenvalue weighted by Gasteiger charge is 2.11. The van der Waals surface area contributed by atoms with Crippen LogP contribution in [0.25, 0.3) is 0 Å². The fourth-order valence-electron chi connectivity index (χ4n) is 1.92. The Balaban J connectivity index is 1.94. The third kappa shape index (κ3) is 3.41. The van der Waals surface area contributed by atoms with Crippen molar-refractivity contribution in [1.29, 1.82) is 0 Å². The zero-order chi connectivity index (χ0) is 12.1. The predicted octanol–water partition coefficient (Wildman–Crippen LogP) is 3.41. The van der Waals surface area contributed by atoms with Gasteiger partial charge in [0.2, 0.25) is 0 Å². The molecule has 1 atom stereocenters. The van der Waals surface area contributed by atoms with Gasteiger partial charge in [-0.1, -0.05) is 19.4 Å². The third-order valence-electron chi connectivity index (χ3n) is 2.76. The van der Waals surface area contributed by atoms with Crippen LogP contribution in [-0.4, -0.2) is 9.97 Å². The normalized spacial score (nSPS) is 12.8. The van der Waals surface area contributed by atoms with E-state index in [9.17, 15) is 0 Å². The number of nitrogens with zero attached hydrogens (tertiary/aromatic N) is 1. The van der Waals surface area contributed by atoms with Gasteiger partial charge in [-0.3, -0.25) is 0 Å². The van der Waals surface area contributed by atoms with E-state index in [1.165, 1.54) is 17.7 Å². The zero-order valence-electron chi connectivity index (χ0n) is 10.4. The first-order valence-corrected chi connectivity index (χ1v) is 6.95. The van der Waals surface area contributed by atoms with Crippen molar-refractivity contribution in [3.63, 3.8) is 0 Å². The molecular formula is C13H19N3S. The Labute approximate surface area is 106 Å².